The number of methoxy groups -OCH3 is 1. The summed E-state index contributed by atoms with van der Waals surface area (Å²) in [5.74, 6) is 7.23. The lowest BCUT2D eigenvalue weighted by Crippen LogP contribution is -2.36. The second-order valence-electron chi connectivity index (χ2n) is 4.08. The summed E-state index contributed by atoms with van der Waals surface area (Å²) in [6.45, 7) is 4.92. The highest BCUT2D eigenvalue weighted by atomic mass is 16.5. The molecule has 0 aliphatic carbocycles. The number of guanidine groups is 1. The van der Waals surface area contributed by atoms with Crippen molar-refractivity contribution in [3.8, 4) is 5.75 Å². The van der Waals surface area contributed by atoms with Crippen molar-refractivity contribution < 1.29 is 4.74 Å². The Labute approximate surface area is 102 Å². The Morgan fingerprint density at radius 2 is 2.24 bits per heavy atom. The SMILES string of the molecule is COc1cccc(NC(=NCC(C)C)NN)c1. The molecule has 1 rings (SSSR count). The summed E-state index contributed by atoms with van der Waals surface area (Å²) in [6, 6.07) is 7.58. The number of nitrogens with two attached hydrogens (primary N) is 1. The highest BCUT2D eigenvalue weighted by Crippen LogP contribution is 2.16. The average Bonchev–Trinajstić information content (AvgIpc) is 2.34. The van der Waals surface area contributed by atoms with Crippen molar-refractivity contribution in [2.24, 2.45) is 16.8 Å². The average molecular weight is 236 g/mol. The molecular weight excluding hydrogens is 216 g/mol. The molecule has 0 radical (unpaired) electrons. The third kappa shape index (κ3) is 4.74. The maximum atomic E-state index is 5.40. The van der Waals surface area contributed by atoms with Crippen molar-refractivity contribution in [2.75, 3.05) is 19.0 Å². The van der Waals surface area contributed by atoms with Gasteiger partial charge in [0.05, 0.1) is 7.11 Å². The topological polar surface area (TPSA) is 71.7 Å². The van der Waals surface area contributed by atoms with Gasteiger partial charge in [0.25, 0.3) is 0 Å². The molecule has 5 heteroatoms. The monoisotopic (exact) mass is 236 g/mol. The van der Waals surface area contributed by atoms with Gasteiger partial charge in [-0.1, -0.05) is 19.9 Å². The Bertz CT molecular complexity index is 377. The molecule has 0 saturated heterocycles. The summed E-state index contributed by atoms with van der Waals surface area (Å²) < 4.78 is 5.14. The van der Waals surface area contributed by atoms with Crippen LogP contribution in [0.2, 0.25) is 0 Å². The van der Waals surface area contributed by atoms with E-state index in [9.17, 15) is 0 Å². The Balaban J connectivity index is 2.69. The van der Waals surface area contributed by atoms with Gasteiger partial charge in [-0.05, 0) is 18.1 Å². The molecule has 0 heterocycles. The van der Waals surface area contributed by atoms with Crippen molar-refractivity contribution in [3.63, 3.8) is 0 Å². The molecule has 1 aromatic rings. The van der Waals surface area contributed by atoms with Gasteiger partial charge in [0.1, 0.15) is 5.75 Å². The number of hydrogen-bond donors (Lipinski definition) is 3. The summed E-state index contributed by atoms with van der Waals surface area (Å²) in [4.78, 5) is 4.32. The number of hydrogen-bond acceptors (Lipinski definition) is 3. The molecule has 5 nitrogen and oxygen atoms in total. The van der Waals surface area contributed by atoms with E-state index in [1.165, 1.54) is 0 Å². The first-order chi connectivity index (χ1) is 8.15. The number of nitrogens with zero attached hydrogens (tertiary/aromatic N) is 1. The minimum absolute atomic E-state index is 0.491. The van der Waals surface area contributed by atoms with Crippen LogP contribution >= 0.6 is 0 Å². The Morgan fingerprint density at radius 1 is 1.47 bits per heavy atom. The van der Waals surface area contributed by atoms with E-state index in [-0.39, 0.29) is 0 Å². The van der Waals surface area contributed by atoms with E-state index in [4.69, 9.17) is 10.6 Å². The van der Waals surface area contributed by atoms with Crippen LogP contribution in [-0.2, 0) is 0 Å². The van der Waals surface area contributed by atoms with Crippen LogP contribution < -0.4 is 21.3 Å². The van der Waals surface area contributed by atoms with Crippen molar-refractivity contribution in [3.05, 3.63) is 24.3 Å². The van der Waals surface area contributed by atoms with Crippen molar-refractivity contribution in [2.45, 2.75) is 13.8 Å². The first kappa shape index (κ1) is 13.3. The number of ether oxygens (including phenoxy) is 1. The van der Waals surface area contributed by atoms with Gasteiger partial charge >= 0.3 is 0 Å². The Kier molecular flexibility index (Phi) is 5.29. The van der Waals surface area contributed by atoms with E-state index in [2.05, 4.69) is 29.6 Å². The molecule has 1 aromatic carbocycles. The summed E-state index contributed by atoms with van der Waals surface area (Å²) in [5.41, 5.74) is 3.42. The fourth-order valence-corrected chi connectivity index (χ4v) is 1.23. The fourth-order valence-electron chi connectivity index (χ4n) is 1.23. The molecule has 0 saturated carbocycles. The van der Waals surface area contributed by atoms with E-state index in [0.717, 1.165) is 18.0 Å². The lowest BCUT2D eigenvalue weighted by Gasteiger charge is -2.10. The minimum Gasteiger partial charge on any atom is -0.497 e. The number of benzene rings is 1. The number of hydrazine groups is 1. The van der Waals surface area contributed by atoms with Gasteiger partial charge in [0.2, 0.25) is 5.96 Å². The molecule has 94 valence electrons. The molecule has 0 aromatic heterocycles. The molecule has 17 heavy (non-hydrogen) atoms. The molecule has 0 aliphatic heterocycles. The molecule has 0 aliphatic rings. The highest BCUT2D eigenvalue weighted by molar-refractivity contribution is 5.93. The fraction of sp³-hybridized carbons (Fsp3) is 0.417. The molecule has 0 amide bonds. The summed E-state index contributed by atoms with van der Waals surface area (Å²) in [6.07, 6.45) is 0. The van der Waals surface area contributed by atoms with E-state index < -0.39 is 0 Å². The molecule has 4 N–H and O–H groups in total. The van der Waals surface area contributed by atoms with Gasteiger partial charge in [-0.3, -0.25) is 10.4 Å². The van der Waals surface area contributed by atoms with E-state index in [1.807, 2.05) is 24.3 Å². The first-order valence-corrected chi connectivity index (χ1v) is 5.58. The van der Waals surface area contributed by atoms with Crippen molar-refractivity contribution >= 4 is 11.6 Å². The number of aliphatic imine (C=N–C) groups is 1. The van der Waals surface area contributed by atoms with Gasteiger partial charge in [0, 0.05) is 18.3 Å². The van der Waals surface area contributed by atoms with Gasteiger partial charge in [-0.15, -0.1) is 0 Å². The maximum absolute atomic E-state index is 5.40. The largest absolute Gasteiger partial charge is 0.497 e. The zero-order valence-corrected chi connectivity index (χ0v) is 10.5. The maximum Gasteiger partial charge on any atom is 0.210 e. The van der Waals surface area contributed by atoms with Crippen LogP contribution in [0.1, 0.15) is 13.8 Å². The number of nitrogens with one attached hydrogen (secondary N) is 2. The summed E-state index contributed by atoms with van der Waals surface area (Å²) >= 11 is 0. The summed E-state index contributed by atoms with van der Waals surface area (Å²) in [5, 5.41) is 3.09. The lowest BCUT2D eigenvalue weighted by atomic mass is 10.2. The zero-order chi connectivity index (χ0) is 12.7. The van der Waals surface area contributed by atoms with Crippen LogP contribution in [0.25, 0.3) is 0 Å². The predicted molar refractivity (Wildman–Crippen MR) is 71.1 cm³/mol. The van der Waals surface area contributed by atoms with Crippen molar-refractivity contribution in [1.29, 1.82) is 0 Å². The van der Waals surface area contributed by atoms with E-state index in [0.29, 0.717) is 11.9 Å². The first-order valence-electron chi connectivity index (χ1n) is 5.58. The van der Waals surface area contributed by atoms with Crippen LogP contribution in [0.3, 0.4) is 0 Å². The second-order valence-corrected chi connectivity index (χ2v) is 4.08. The Morgan fingerprint density at radius 3 is 2.82 bits per heavy atom. The minimum atomic E-state index is 0.491. The van der Waals surface area contributed by atoms with Gasteiger partial charge in [-0.2, -0.15) is 0 Å². The second kappa shape index (κ2) is 6.75. The van der Waals surface area contributed by atoms with Crippen LogP contribution in [0.15, 0.2) is 29.3 Å². The van der Waals surface area contributed by atoms with Gasteiger partial charge in [-0.25, -0.2) is 5.84 Å². The number of anilines is 1. The van der Waals surface area contributed by atoms with Crippen LogP contribution in [0.4, 0.5) is 5.69 Å². The molecule has 0 bridgehead atoms. The molecule has 0 spiro atoms. The molecule has 0 atom stereocenters. The van der Waals surface area contributed by atoms with Gasteiger partial charge in [0.15, 0.2) is 0 Å². The predicted octanol–water partition coefficient (Wildman–Crippen LogP) is 1.58. The standard InChI is InChI=1S/C12H20N4O/c1-9(2)8-14-12(16-13)15-10-5-4-6-11(7-10)17-3/h4-7,9H,8,13H2,1-3H3,(H2,14,15,16). The summed E-state index contributed by atoms with van der Waals surface area (Å²) in [7, 11) is 1.63. The third-order valence-corrected chi connectivity index (χ3v) is 2.08. The normalized spacial score (nSPS) is 11.5. The zero-order valence-electron chi connectivity index (χ0n) is 10.5. The Hall–Kier alpha value is -1.75. The molecule has 0 unspecified atom stereocenters. The highest BCUT2D eigenvalue weighted by Gasteiger charge is 2.00. The van der Waals surface area contributed by atoms with Crippen molar-refractivity contribution in [1.82, 2.24) is 5.43 Å². The quantitative estimate of drug-likeness (QED) is 0.321. The lowest BCUT2D eigenvalue weighted by molar-refractivity contribution is 0.415. The molecular formula is C12H20N4O. The van der Waals surface area contributed by atoms with Gasteiger partial charge < -0.3 is 10.1 Å². The van der Waals surface area contributed by atoms with Crippen LogP contribution in [0.5, 0.6) is 5.75 Å². The van der Waals surface area contributed by atoms with E-state index in [1.54, 1.807) is 7.11 Å². The third-order valence-electron chi connectivity index (χ3n) is 2.08. The van der Waals surface area contributed by atoms with E-state index >= 15 is 0 Å². The van der Waals surface area contributed by atoms with Crippen LogP contribution in [-0.4, -0.2) is 19.6 Å². The number of rotatable bonds is 4. The smallest absolute Gasteiger partial charge is 0.210 e. The molecule has 0 fully saturated rings. The van der Waals surface area contributed by atoms with Crippen LogP contribution in [0, 0.1) is 5.92 Å².